The van der Waals surface area contributed by atoms with Gasteiger partial charge in [0.2, 0.25) is 5.82 Å². The Morgan fingerprint density at radius 2 is 1.90 bits per heavy atom. The molecule has 0 saturated carbocycles. The van der Waals surface area contributed by atoms with Crippen LogP contribution in [0.2, 0.25) is 0 Å². The van der Waals surface area contributed by atoms with E-state index in [4.69, 9.17) is 0 Å². The standard InChI is InChI=1S/C19H15F3N8S/c1-29(2)15-13-16(26-9-25-15)30(18(28-13)19(20,21)22)8-10-3-4-12-11(7-10)27-14-17(31-12)24-6-5-23-14/h3-7,9H,8H2,1-2H3,(H,23,27). The number of nitrogens with zero attached hydrogens (tertiary/aromatic N) is 7. The Labute approximate surface area is 178 Å². The lowest BCUT2D eigenvalue weighted by atomic mass is 10.2. The summed E-state index contributed by atoms with van der Waals surface area (Å²) in [6.07, 6.45) is -0.201. The minimum absolute atomic E-state index is 0.0534. The molecule has 0 radical (unpaired) electrons. The maximum Gasteiger partial charge on any atom is 0.449 e. The summed E-state index contributed by atoms with van der Waals surface area (Å²) in [6.45, 7) is -0.0534. The third kappa shape index (κ3) is 3.42. The molecule has 31 heavy (non-hydrogen) atoms. The Hall–Kier alpha value is -3.41. The summed E-state index contributed by atoms with van der Waals surface area (Å²) in [5, 5.41) is 3.94. The molecule has 1 aliphatic rings. The van der Waals surface area contributed by atoms with E-state index in [0.29, 0.717) is 17.2 Å². The number of anilines is 3. The molecule has 0 spiro atoms. The van der Waals surface area contributed by atoms with Crippen molar-refractivity contribution in [3.05, 3.63) is 48.3 Å². The Morgan fingerprint density at radius 1 is 1.10 bits per heavy atom. The van der Waals surface area contributed by atoms with Crippen LogP contribution in [0.4, 0.5) is 30.5 Å². The minimum Gasteiger partial charge on any atom is -0.361 e. The molecule has 1 aromatic carbocycles. The summed E-state index contributed by atoms with van der Waals surface area (Å²) in [5.41, 5.74) is 1.66. The first-order chi connectivity index (χ1) is 14.8. The van der Waals surface area contributed by atoms with Crippen molar-refractivity contribution in [2.24, 2.45) is 0 Å². The van der Waals surface area contributed by atoms with Crippen LogP contribution in [0, 0.1) is 0 Å². The maximum absolute atomic E-state index is 13.8. The number of imidazole rings is 1. The summed E-state index contributed by atoms with van der Waals surface area (Å²) >= 11 is 1.45. The number of benzene rings is 1. The molecule has 158 valence electrons. The molecular weight excluding hydrogens is 429 g/mol. The van der Waals surface area contributed by atoms with Crippen LogP contribution in [0.3, 0.4) is 0 Å². The van der Waals surface area contributed by atoms with Crippen LogP contribution in [-0.2, 0) is 12.7 Å². The van der Waals surface area contributed by atoms with Gasteiger partial charge >= 0.3 is 6.18 Å². The first kappa shape index (κ1) is 19.5. The Kier molecular flexibility index (Phi) is 4.46. The summed E-state index contributed by atoms with van der Waals surface area (Å²) < 4.78 is 42.4. The van der Waals surface area contributed by atoms with Crippen LogP contribution in [0.15, 0.2) is 46.8 Å². The molecule has 0 saturated heterocycles. The number of nitrogens with one attached hydrogen (secondary N) is 1. The first-order valence-corrected chi connectivity index (χ1v) is 9.97. The molecule has 0 atom stereocenters. The SMILES string of the molecule is CN(C)c1ncnc2c1nc(C(F)(F)F)n2Cc1ccc2c(c1)Nc1nccnc1S2. The molecule has 12 heteroatoms. The van der Waals surface area contributed by atoms with Gasteiger partial charge in [0.15, 0.2) is 22.8 Å². The number of aromatic nitrogens is 6. The molecule has 0 amide bonds. The lowest BCUT2D eigenvalue weighted by Crippen LogP contribution is -2.16. The summed E-state index contributed by atoms with van der Waals surface area (Å²) in [7, 11) is 3.39. The molecule has 3 aromatic heterocycles. The Balaban J connectivity index is 1.58. The second-order valence-corrected chi connectivity index (χ2v) is 8.08. The average molecular weight is 444 g/mol. The van der Waals surface area contributed by atoms with E-state index >= 15 is 0 Å². The van der Waals surface area contributed by atoms with Crippen LogP contribution in [0.5, 0.6) is 0 Å². The summed E-state index contributed by atoms with van der Waals surface area (Å²) in [4.78, 5) is 23.1. The van der Waals surface area contributed by atoms with Gasteiger partial charge in [-0.2, -0.15) is 13.2 Å². The second-order valence-electron chi connectivity index (χ2n) is 7.05. The molecule has 8 nitrogen and oxygen atoms in total. The van der Waals surface area contributed by atoms with Gasteiger partial charge in [0.25, 0.3) is 0 Å². The van der Waals surface area contributed by atoms with Crippen molar-refractivity contribution in [3.8, 4) is 0 Å². The van der Waals surface area contributed by atoms with Gasteiger partial charge in [-0.3, -0.25) is 0 Å². The fourth-order valence-electron chi connectivity index (χ4n) is 3.38. The normalized spacial score (nSPS) is 12.9. The molecule has 0 unspecified atom stereocenters. The number of hydrogen-bond acceptors (Lipinski definition) is 8. The van der Waals surface area contributed by atoms with Crippen LogP contribution >= 0.6 is 11.8 Å². The molecule has 4 heterocycles. The zero-order valence-electron chi connectivity index (χ0n) is 16.3. The van der Waals surface area contributed by atoms with Crippen molar-refractivity contribution in [2.75, 3.05) is 24.3 Å². The monoisotopic (exact) mass is 444 g/mol. The van der Waals surface area contributed by atoms with E-state index in [1.807, 2.05) is 6.07 Å². The molecule has 0 fully saturated rings. The van der Waals surface area contributed by atoms with Gasteiger partial charge in [-0.25, -0.2) is 24.9 Å². The van der Waals surface area contributed by atoms with Crippen LogP contribution in [-0.4, -0.2) is 43.6 Å². The average Bonchev–Trinajstić information content (AvgIpc) is 3.11. The van der Waals surface area contributed by atoms with E-state index in [2.05, 4.69) is 30.2 Å². The quantitative estimate of drug-likeness (QED) is 0.448. The number of alkyl halides is 3. The first-order valence-electron chi connectivity index (χ1n) is 9.16. The van der Waals surface area contributed by atoms with Crippen molar-refractivity contribution in [1.29, 1.82) is 0 Å². The highest BCUT2D eigenvalue weighted by molar-refractivity contribution is 7.99. The third-order valence-corrected chi connectivity index (χ3v) is 5.77. The van der Waals surface area contributed by atoms with E-state index in [1.165, 1.54) is 18.1 Å². The molecule has 0 bridgehead atoms. The van der Waals surface area contributed by atoms with Gasteiger partial charge in [-0.05, 0) is 17.7 Å². The molecule has 5 rings (SSSR count). The number of hydrogen-bond donors (Lipinski definition) is 1. The van der Waals surface area contributed by atoms with Crippen molar-refractivity contribution < 1.29 is 13.2 Å². The van der Waals surface area contributed by atoms with Crippen LogP contribution in [0.1, 0.15) is 11.4 Å². The van der Waals surface area contributed by atoms with Crippen molar-refractivity contribution >= 4 is 40.2 Å². The Bertz CT molecular complexity index is 1300. The molecule has 4 aromatic rings. The fraction of sp³-hybridized carbons (Fsp3) is 0.211. The highest BCUT2D eigenvalue weighted by Gasteiger charge is 2.38. The molecule has 1 N–H and O–H groups in total. The topological polar surface area (TPSA) is 84.7 Å². The van der Waals surface area contributed by atoms with Gasteiger partial charge in [0.05, 0.1) is 12.2 Å². The van der Waals surface area contributed by atoms with Gasteiger partial charge in [0, 0.05) is 31.4 Å². The van der Waals surface area contributed by atoms with E-state index in [9.17, 15) is 13.2 Å². The zero-order valence-corrected chi connectivity index (χ0v) is 17.2. The third-order valence-electron chi connectivity index (χ3n) is 4.70. The largest absolute Gasteiger partial charge is 0.449 e. The second kappa shape index (κ2) is 7.08. The zero-order chi connectivity index (χ0) is 21.8. The lowest BCUT2D eigenvalue weighted by molar-refractivity contribution is -0.146. The number of rotatable bonds is 3. The number of fused-ring (bicyclic) bond motifs is 3. The van der Waals surface area contributed by atoms with E-state index in [0.717, 1.165) is 20.2 Å². The van der Waals surface area contributed by atoms with E-state index < -0.39 is 12.0 Å². The molecule has 0 aliphatic carbocycles. The molecular formula is C19H15F3N8S. The highest BCUT2D eigenvalue weighted by atomic mass is 32.2. The van der Waals surface area contributed by atoms with Gasteiger partial charge in [-0.15, -0.1) is 0 Å². The van der Waals surface area contributed by atoms with E-state index in [1.54, 1.807) is 43.5 Å². The summed E-state index contributed by atoms with van der Waals surface area (Å²) in [6, 6.07) is 5.45. The van der Waals surface area contributed by atoms with E-state index in [-0.39, 0.29) is 17.7 Å². The minimum atomic E-state index is -4.64. The predicted octanol–water partition coefficient (Wildman–Crippen LogP) is 3.96. The van der Waals surface area contributed by atoms with Crippen LogP contribution in [0.25, 0.3) is 11.2 Å². The Morgan fingerprint density at radius 3 is 2.68 bits per heavy atom. The molecule has 1 aliphatic heterocycles. The van der Waals surface area contributed by atoms with Gasteiger partial charge in [-0.1, -0.05) is 17.8 Å². The maximum atomic E-state index is 13.8. The summed E-state index contributed by atoms with van der Waals surface area (Å²) in [5.74, 6) is -0.0696. The van der Waals surface area contributed by atoms with Crippen LogP contribution < -0.4 is 10.2 Å². The van der Waals surface area contributed by atoms with Crippen molar-refractivity contribution in [1.82, 2.24) is 29.5 Å². The smallest absolute Gasteiger partial charge is 0.361 e. The van der Waals surface area contributed by atoms with Crippen molar-refractivity contribution in [3.63, 3.8) is 0 Å². The predicted molar refractivity (Wildman–Crippen MR) is 110 cm³/mol. The lowest BCUT2D eigenvalue weighted by Gasteiger charge is -2.19. The fourth-order valence-corrected chi connectivity index (χ4v) is 4.26. The van der Waals surface area contributed by atoms with Crippen molar-refractivity contribution in [2.45, 2.75) is 22.6 Å². The van der Waals surface area contributed by atoms with Gasteiger partial charge in [0.1, 0.15) is 11.4 Å². The van der Waals surface area contributed by atoms with Gasteiger partial charge < -0.3 is 14.8 Å². The number of halogens is 3. The highest BCUT2D eigenvalue weighted by Crippen LogP contribution is 2.42.